The quantitative estimate of drug-likeness (QED) is 0.732. The van der Waals surface area contributed by atoms with E-state index in [0.717, 1.165) is 11.1 Å². The average molecular weight is 285 g/mol. The molecule has 0 aliphatic carbocycles. The molecule has 4 nitrogen and oxygen atoms in total. The Kier molecular flexibility index (Phi) is 5.94. The van der Waals surface area contributed by atoms with E-state index in [1.165, 1.54) is 0 Å². The van der Waals surface area contributed by atoms with Gasteiger partial charge in [-0.25, -0.2) is 0 Å². The lowest BCUT2D eigenvalue weighted by Gasteiger charge is -2.14. The third kappa shape index (κ3) is 5.38. The summed E-state index contributed by atoms with van der Waals surface area (Å²) in [6, 6.07) is 18.7. The molecular weight excluding hydrogens is 266 g/mol. The van der Waals surface area contributed by atoms with E-state index in [0.29, 0.717) is 19.4 Å². The Hall–Kier alpha value is -2.17. The zero-order valence-electron chi connectivity index (χ0n) is 11.7. The molecule has 21 heavy (non-hydrogen) atoms. The van der Waals surface area contributed by atoms with Crippen molar-refractivity contribution in [2.45, 2.75) is 25.5 Å². The highest BCUT2D eigenvalue weighted by Gasteiger charge is 2.17. The normalized spacial score (nSPS) is 12.0. The van der Waals surface area contributed by atoms with Gasteiger partial charge in [0.2, 0.25) is 0 Å². The van der Waals surface area contributed by atoms with Crippen LogP contribution in [0.1, 0.15) is 17.5 Å². The van der Waals surface area contributed by atoms with Crippen LogP contribution in [0.25, 0.3) is 0 Å². The van der Waals surface area contributed by atoms with E-state index >= 15 is 0 Å². The molecule has 4 heteroatoms. The minimum atomic E-state index is -0.904. The van der Waals surface area contributed by atoms with Crippen LogP contribution in [0.3, 0.4) is 0 Å². The third-order valence-electron chi connectivity index (χ3n) is 3.17. The van der Waals surface area contributed by atoms with Crippen molar-refractivity contribution >= 4 is 5.97 Å². The topological polar surface area (TPSA) is 58.6 Å². The number of aryl methyl sites for hydroxylation is 1. The Morgan fingerprint density at radius 1 is 1.00 bits per heavy atom. The molecule has 0 heterocycles. The highest BCUT2D eigenvalue weighted by molar-refractivity contribution is 5.73. The molecule has 2 N–H and O–H groups in total. The summed E-state index contributed by atoms with van der Waals surface area (Å²) in [7, 11) is 0. The van der Waals surface area contributed by atoms with E-state index in [1.54, 1.807) is 0 Å². The number of carboxylic acids is 1. The number of hydroxylamine groups is 1. The molecule has 0 aliphatic heterocycles. The Labute approximate surface area is 124 Å². The maximum Gasteiger partial charge on any atom is 0.323 e. The largest absolute Gasteiger partial charge is 0.480 e. The first-order chi connectivity index (χ1) is 10.3. The van der Waals surface area contributed by atoms with E-state index < -0.39 is 12.0 Å². The number of aliphatic carboxylic acids is 1. The van der Waals surface area contributed by atoms with Crippen molar-refractivity contribution < 1.29 is 14.7 Å². The van der Waals surface area contributed by atoms with E-state index in [4.69, 9.17) is 4.84 Å². The van der Waals surface area contributed by atoms with Crippen molar-refractivity contribution in [1.29, 1.82) is 0 Å². The van der Waals surface area contributed by atoms with Gasteiger partial charge in [-0.15, -0.1) is 0 Å². The molecule has 0 amide bonds. The van der Waals surface area contributed by atoms with Crippen LogP contribution in [0.5, 0.6) is 0 Å². The first-order valence-corrected chi connectivity index (χ1v) is 6.93. The number of carbonyl (C=O) groups is 1. The minimum Gasteiger partial charge on any atom is -0.480 e. The molecule has 2 rings (SSSR count). The standard InChI is InChI=1S/C17H19NO3/c19-17(20)16(12-11-14-7-3-1-4-8-14)18-21-13-15-9-5-2-6-10-15/h1-10,16,18H,11-13H2,(H,19,20)/t16-/m1/s1. The molecule has 0 fully saturated rings. The minimum absolute atomic E-state index is 0.343. The molecule has 0 aromatic heterocycles. The maximum atomic E-state index is 11.2. The summed E-state index contributed by atoms with van der Waals surface area (Å²) in [5.41, 5.74) is 4.75. The molecular formula is C17H19NO3. The highest BCUT2D eigenvalue weighted by Crippen LogP contribution is 2.06. The lowest BCUT2D eigenvalue weighted by Crippen LogP contribution is -2.37. The van der Waals surface area contributed by atoms with Gasteiger partial charge in [-0.1, -0.05) is 60.7 Å². The molecule has 0 radical (unpaired) electrons. The maximum absolute atomic E-state index is 11.2. The van der Waals surface area contributed by atoms with Gasteiger partial charge in [0.25, 0.3) is 0 Å². The zero-order chi connectivity index (χ0) is 14.9. The Bertz CT molecular complexity index is 542. The van der Waals surface area contributed by atoms with Crippen molar-refractivity contribution in [3.05, 3.63) is 71.8 Å². The predicted molar refractivity (Wildman–Crippen MR) is 80.6 cm³/mol. The van der Waals surface area contributed by atoms with Crippen molar-refractivity contribution in [3.63, 3.8) is 0 Å². The van der Waals surface area contributed by atoms with Gasteiger partial charge in [0.15, 0.2) is 0 Å². The smallest absolute Gasteiger partial charge is 0.323 e. The molecule has 0 spiro atoms. The van der Waals surface area contributed by atoms with Gasteiger partial charge < -0.3 is 5.11 Å². The summed E-state index contributed by atoms with van der Waals surface area (Å²) in [4.78, 5) is 16.5. The SMILES string of the molecule is O=C(O)[C@@H](CCc1ccccc1)NOCc1ccccc1. The Balaban J connectivity index is 1.78. The molecule has 0 saturated carbocycles. The molecule has 110 valence electrons. The number of benzene rings is 2. The summed E-state index contributed by atoms with van der Waals surface area (Å²) in [6.45, 7) is 0.343. The first kappa shape index (κ1) is 15.2. The average Bonchev–Trinajstić information content (AvgIpc) is 2.52. The fraction of sp³-hybridized carbons (Fsp3) is 0.235. The third-order valence-corrected chi connectivity index (χ3v) is 3.17. The van der Waals surface area contributed by atoms with Crippen molar-refractivity contribution in [3.8, 4) is 0 Å². The van der Waals surface area contributed by atoms with Crippen LogP contribution in [0, 0.1) is 0 Å². The number of rotatable bonds is 8. The number of carboxylic acid groups (broad SMARTS) is 1. The zero-order valence-corrected chi connectivity index (χ0v) is 11.7. The number of hydrogen-bond acceptors (Lipinski definition) is 3. The van der Waals surface area contributed by atoms with E-state index in [2.05, 4.69) is 5.48 Å². The van der Waals surface area contributed by atoms with Crippen molar-refractivity contribution in [2.24, 2.45) is 0 Å². The summed E-state index contributed by atoms with van der Waals surface area (Å²) < 4.78 is 0. The van der Waals surface area contributed by atoms with Gasteiger partial charge >= 0.3 is 5.97 Å². The lowest BCUT2D eigenvalue weighted by atomic mass is 10.1. The summed E-state index contributed by atoms with van der Waals surface area (Å²) in [5.74, 6) is -0.904. The molecule has 2 aromatic carbocycles. The summed E-state index contributed by atoms with van der Waals surface area (Å²) >= 11 is 0. The van der Waals surface area contributed by atoms with Crippen molar-refractivity contribution in [2.75, 3.05) is 0 Å². The number of nitrogens with one attached hydrogen (secondary N) is 1. The van der Waals surface area contributed by atoms with Gasteiger partial charge in [-0.3, -0.25) is 9.63 Å². The van der Waals surface area contributed by atoms with E-state index in [-0.39, 0.29) is 0 Å². The van der Waals surface area contributed by atoms with Gasteiger partial charge in [-0.05, 0) is 24.0 Å². The second kappa shape index (κ2) is 8.19. The monoisotopic (exact) mass is 285 g/mol. The molecule has 0 saturated heterocycles. The first-order valence-electron chi connectivity index (χ1n) is 6.93. The van der Waals surface area contributed by atoms with Gasteiger partial charge in [0.05, 0.1) is 6.61 Å². The van der Waals surface area contributed by atoms with Crippen LogP contribution in [-0.4, -0.2) is 17.1 Å². The highest BCUT2D eigenvalue weighted by atomic mass is 16.6. The van der Waals surface area contributed by atoms with Gasteiger partial charge in [0, 0.05) is 0 Å². The van der Waals surface area contributed by atoms with E-state index in [1.807, 2.05) is 60.7 Å². The Morgan fingerprint density at radius 2 is 1.57 bits per heavy atom. The fourth-order valence-electron chi connectivity index (χ4n) is 1.99. The van der Waals surface area contributed by atoms with Gasteiger partial charge in [0.1, 0.15) is 6.04 Å². The van der Waals surface area contributed by atoms with Gasteiger partial charge in [-0.2, -0.15) is 5.48 Å². The predicted octanol–water partition coefficient (Wildman–Crippen LogP) is 2.79. The Morgan fingerprint density at radius 3 is 2.14 bits per heavy atom. The number of hydrogen-bond donors (Lipinski definition) is 2. The molecule has 0 bridgehead atoms. The van der Waals surface area contributed by atoms with Crippen molar-refractivity contribution in [1.82, 2.24) is 5.48 Å². The van der Waals surface area contributed by atoms with E-state index in [9.17, 15) is 9.90 Å². The fourth-order valence-corrected chi connectivity index (χ4v) is 1.99. The second-order valence-corrected chi connectivity index (χ2v) is 4.81. The van der Waals surface area contributed by atoms with Crippen LogP contribution in [-0.2, 0) is 22.7 Å². The van der Waals surface area contributed by atoms with Crippen LogP contribution in [0.2, 0.25) is 0 Å². The van der Waals surface area contributed by atoms with Crippen LogP contribution < -0.4 is 5.48 Å². The molecule has 1 atom stereocenters. The molecule has 0 aliphatic rings. The molecule has 2 aromatic rings. The second-order valence-electron chi connectivity index (χ2n) is 4.81. The van der Waals surface area contributed by atoms with Crippen LogP contribution in [0.15, 0.2) is 60.7 Å². The lowest BCUT2D eigenvalue weighted by molar-refractivity contribution is -0.144. The molecule has 0 unspecified atom stereocenters. The summed E-state index contributed by atoms with van der Waals surface area (Å²) in [6.07, 6.45) is 1.17. The summed E-state index contributed by atoms with van der Waals surface area (Å²) in [5, 5.41) is 9.21. The van der Waals surface area contributed by atoms with Crippen LogP contribution in [0.4, 0.5) is 0 Å². The van der Waals surface area contributed by atoms with Crippen LogP contribution >= 0.6 is 0 Å².